The third-order valence-electron chi connectivity index (χ3n) is 1.65. The van der Waals surface area contributed by atoms with Crippen molar-refractivity contribution < 1.29 is 9.26 Å². The van der Waals surface area contributed by atoms with Crippen LogP contribution in [0, 0.1) is 0 Å². The second kappa shape index (κ2) is 16.3. The Bertz CT molecular complexity index is 273. The molecule has 0 saturated carbocycles. The van der Waals surface area contributed by atoms with Gasteiger partial charge in [-0.2, -0.15) is 0 Å². The van der Waals surface area contributed by atoms with Crippen molar-refractivity contribution in [2.75, 3.05) is 13.2 Å². The summed E-state index contributed by atoms with van der Waals surface area (Å²) in [4.78, 5) is 0. The van der Waals surface area contributed by atoms with Crippen molar-refractivity contribution in [2.24, 2.45) is 0 Å². The van der Waals surface area contributed by atoms with Crippen molar-refractivity contribution in [2.45, 2.75) is 34.3 Å². The van der Waals surface area contributed by atoms with Crippen molar-refractivity contribution in [1.29, 1.82) is 0 Å². The summed E-state index contributed by atoms with van der Waals surface area (Å²) in [5.74, 6) is 0. The van der Waals surface area contributed by atoms with Gasteiger partial charge in [-0.1, -0.05) is 56.3 Å². The summed E-state index contributed by atoms with van der Waals surface area (Å²) in [6, 6.07) is 10.1. The number of benzene rings is 1. The lowest BCUT2D eigenvalue weighted by molar-refractivity contribution is 0.171. The van der Waals surface area contributed by atoms with E-state index in [0.717, 1.165) is 12.2 Å². The molecule has 0 aliphatic rings. The zero-order valence-electron chi connectivity index (χ0n) is 12.1. The van der Waals surface area contributed by atoms with Crippen molar-refractivity contribution in [3.63, 3.8) is 0 Å². The molecule has 1 atom stereocenters. The Morgan fingerprint density at radius 1 is 1.22 bits per heavy atom. The molecule has 18 heavy (non-hydrogen) atoms. The minimum atomic E-state index is 0.672. The van der Waals surface area contributed by atoms with E-state index in [2.05, 4.69) is 16.0 Å². The van der Waals surface area contributed by atoms with Crippen LogP contribution >= 0.6 is 9.47 Å². The van der Waals surface area contributed by atoms with Crippen LogP contribution in [0.5, 0.6) is 0 Å². The van der Waals surface area contributed by atoms with Gasteiger partial charge in [0.05, 0.1) is 13.2 Å². The lowest BCUT2D eigenvalue weighted by Crippen LogP contribution is -1.92. The first kappa shape index (κ1) is 19.6. The van der Waals surface area contributed by atoms with Crippen LogP contribution in [0.25, 0.3) is 0 Å². The van der Waals surface area contributed by atoms with E-state index in [-0.39, 0.29) is 0 Å². The summed E-state index contributed by atoms with van der Waals surface area (Å²) in [6.45, 7) is 13.8. The highest BCUT2D eigenvalue weighted by molar-refractivity contribution is 7.09. The molecule has 0 heterocycles. The second-order valence-electron chi connectivity index (χ2n) is 3.39. The summed E-state index contributed by atoms with van der Waals surface area (Å²) in [5.41, 5.74) is 2.29. The van der Waals surface area contributed by atoms with Crippen LogP contribution in [0.4, 0.5) is 0 Å². The molecule has 0 aromatic heterocycles. The van der Waals surface area contributed by atoms with Gasteiger partial charge in [-0.25, -0.2) is 0 Å². The third-order valence-corrected chi connectivity index (χ3v) is 1.81. The molecule has 0 amide bonds. The normalized spacial score (nSPS) is 8.50. The Labute approximate surface area is 115 Å². The first-order chi connectivity index (χ1) is 8.70. The maximum atomic E-state index is 5.00. The highest BCUT2D eigenvalue weighted by Crippen LogP contribution is 2.01. The van der Waals surface area contributed by atoms with Crippen LogP contribution in [0.3, 0.4) is 0 Å². The van der Waals surface area contributed by atoms with Gasteiger partial charge >= 0.3 is 0 Å². The van der Waals surface area contributed by atoms with Crippen molar-refractivity contribution in [1.82, 2.24) is 0 Å². The first-order valence-electron chi connectivity index (χ1n) is 6.28. The molecule has 1 aromatic rings. The van der Waals surface area contributed by atoms with Gasteiger partial charge < -0.3 is 9.26 Å². The molecular formula is C15H27O2P. The average Bonchev–Trinajstić information content (AvgIpc) is 2.41. The Hall–Kier alpha value is -0.690. The molecule has 0 bridgehead atoms. The Morgan fingerprint density at radius 3 is 2.11 bits per heavy atom. The van der Waals surface area contributed by atoms with Crippen LogP contribution in [0.15, 0.2) is 42.5 Å². The minimum absolute atomic E-state index is 0.672. The van der Waals surface area contributed by atoms with Gasteiger partial charge in [-0.3, -0.25) is 0 Å². The van der Waals surface area contributed by atoms with Crippen molar-refractivity contribution in [3.05, 3.63) is 48.0 Å². The Kier molecular flexibility index (Phi) is 17.8. The quantitative estimate of drug-likeness (QED) is 0.574. The average molecular weight is 270 g/mol. The van der Waals surface area contributed by atoms with Gasteiger partial charge in [0.1, 0.15) is 0 Å². The number of rotatable bonds is 5. The summed E-state index contributed by atoms with van der Waals surface area (Å²) >= 11 is 0. The zero-order valence-corrected chi connectivity index (χ0v) is 13.3. The SMILES string of the molecule is C=C(C)COCC.CC.POCc1ccccc1. The smallest absolute Gasteiger partial charge is 0.0752 e. The molecule has 0 fully saturated rings. The van der Waals surface area contributed by atoms with E-state index >= 15 is 0 Å². The molecule has 3 heteroatoms. The van der Waals surface area contributed by atoms with E-state index in [9.17, 15) is 0 Å². The lowest BCUT2D eigenvalue weighted by Gasteiger charge is -1.95. The van der Waals surface area contributed by atoms with Gasteiger partial charge in [0.15, 0.2) is 0 Å². The minimum Gasteiger partial charge on any atom is -0.377 e. The molecular weight excluding hydrogens is 243 g/mol. The van der Waals surface area contributed by atoms with Gasteiger partial charge in [0.2, 0.25) is 0 Å². The maximum Gasteiger partial charge on any atom is 0.0752 e. The van der Waals surface area contributed by atoms with E-state index < -0.39 is 0 Å². The molecule has 104 valence electrons. The molecule has 2 nitrogen and oxygen atoms in total. The fourth-order valence-corrected chi connectivity index (χ4v) is 1.14. The third kappa shape index (κ3) is 15.3. The van der Waals surface area contributed by atoms with E-state index in [4.69, 9.17) is 9.26 Å². The van der Waals surface area contributed by atoms with E-state index in [1.54, 1.807) is 0 Å². The molecule has 1 unspecified atom stereocenters. The lowest BCUT2D eigenvalue weighted by atomic mass is 10.2. The van der Waals surface area contributed by atoms with Gasteiger partial charge in [-0.05, 0) is 19.4 Å². The van der Waals surface area contributed by atoms with Crippen LogP contribution in [-0.2, 0) is 15.9 Å². The van der Waals surface area contributed by atoms with E-state index in [0.29, 0.717) is 13.2 Å². The summed E-state index contributed by atoms with van der Waals surface area (Å²) in [6.07, 6.45) is 0. The monoisotopic (exact) mass is 270 g/mol. The summed E-state index contributed by atoms with van der Waals surface area (Å²) in [7, 11) is 2.23. The highest BCUT2D eigenvalue weighted by Gasteiger charge is 1.84. The highest BCUT2D eigenvalue weighted by atomic mass is 31.0. The molecule has 0 aliphatic heterocycles. The van der Waals surface area contributed by atoms with Gasteiger partial charge in [-0.15, -0.1) is 0 Å². The fourth-order valence-electron chi connectivity index (χ4n) is 0.947. The molecule has 0 spiro atoms. The second-order valence-corrected chi connectivity index (χ2v) is 3.72. The van der Waals surface area contributed by atoms with E-state index in [1.165, 1.54) is 5.56 Å². The Morgan fingerprint density at radius 2 is 1.78 bits per heavy atom. The van der Waals surface area contributed by atoms with Crippen LogP contribution in [-0.4, -0.2) is 13.2 Å². The number of hydrogen-bond acceptors (Lipinski definition) is 2. The predicted octanol–water partition coefficient (Wildman–Crippen LogP) is 4.62. The predicted molar refractivity (Wildman–Crippen MR) is 83.6 cm³/mol. The van der Waals surface area contributed by atoms with Crippen LogP contribution < -0.4 is 0 Å². The molecule has 1 rings (SSSR count). The van der Waals surface area contributed by atoms with Gasteiger partial charge in [0.25, 0.3) is 0 Å². The largest absolute Gasteiger partial charge is 0.377 e. The van der Waals surface area contributed by atoms with Crippen molar-refractivity contribution >= 4 is 9.47 Å². The van der Waals surface area contributed by atoms with E-state index in [1.807, 2.05) is 58.0 Å². The number of hydrogen-bond donors (Lipinski definition) is 0. The zero-order chi connectivity index (χ0) is 14.2. The van der Waals surface area contributed by atoms with Gasteiger partial charge in [0, 0.05) is 16.1 Å². The standard InChI is InChI=1S/C7H9OP.C6H12O.C2H6/c9-8-6-7-4-2-1-3-5-7;1-4-7-5-6(2)3;1-2/h1-5H,6,9H2;2,4-5H2,1,3H3;1-2H3. The Balaban J connectivity index is 0. The first-order valence-corrected chi connectivity index (χ1v) is 6.75. The maximum absolute atomic E-state index is 5.00. The fraction of sp³-hybridized carbons (Fsp3) is 0.467. The molecule has 0 aliphatic carbocycles. The van der Waals surface area contributed by atoms with Crippen molar-refractivity contribution in [3.8, 4) is 0 Å². The topological polar surface area (TPSA) is 18.5 Å². The number of ether oxygens (including phenoxy) is 1. The molecule has 0 saturated heterocycles. The molecule has 1 aromatic carbocycles. The van der Waals surface area contributed by atoms with Crippen LogP contribution in [0.2, 0.25) is 0 Å². The summed E-state index contributed by atoms with van der Waals surface area (Å²) < 4.78 is 9.84. The molecule has 0 radical (unpaired) electrons. The molecule has 0 N–H and O–H groups in total. The van der Waals surface area contributed by atoms with Crippen LogP contribution in [0.1, 0.15) is 33.3 Å². The summed E-state index contributed by atoms with van der Waals surface area (Å²) in [5, 5.41) is 0.